The fourth-order valence-corrected chi connectivity index (χ4v) is 1.38. The molecule has 4 nitrogen and oxygen atoms in total. The van der Waals surface area contributed by atoms with Gasteiger partial charge in [0.2, 0.25) is 0 Å². The van der Waals surface area contributed by atoms with Crippen LogP contribution in [0.3, 0.4) is 0 Å². The number of nitrogens with zero attached hydrogens (tertiary/aromatic N) is 1. The molecule has 96 valence electrons. The number of carbonyl (C=O) groups is 1. The molecule has 0 spiro atoms. The van der Waals surface area contributed by atoms with Gasteiger partial charge in [0.25, 0.3) is 0 Å². The lowest BCUT2D eigenvalue weighted by molar-refractivity contribution is -0.145. The summed E-state index contributed by atoms with van der Waals surface area (Å²) in [5.41, 5.74) is 1.71. The number of hydrogen-bond acceptors (Lipinski definition) is 4. The Kier molecular flexibility index (Phi) is 5.89. The third-order valence-electron chi connectivity index (χ3n) is 2.61. The number of carbonyl (C=O) groups excluding carboxylic acids is 1. The number of nitriles is 1. The minimum absolute atomic E-state index is 0.00607. The van der Waals surface area contributed by atoms with Gasteiger partial charge in [-0.25, -0.2) is 0 Å². The zero-order valence-electron chi connectivity index (χ0n) is 10.4. The topological polar surface area (TPSA) is 70.3 Å². The first-order chi connectivity index (χ1) is 8.65. The van der Waals surface area contributed by atoms with Crippen molar-refractivity contribution in [3.8, 4) is 6.07 Å². The van der Waals surface area contributed by atoms with Crippen LogP contribution in [0.2, 0.25) is 0 Å². The van der Waals surface area contributed by atoms with Crippen LogP contribution < -0.4 is 0 Å². The third-order valence-corrected chi connectivity index (χ3v) is 2.61. The summed E-state index contributed by atoms with van der Waals surface area (Å²) in [6, 6.07) is 9.29. The molecule has 1 N–H and O–H groups in total. The molecular formula is C14H17NO3. The molecule has 0 radical (unpaired) electrons. The van der Waals surface area contributed by atoms with E-state index in [-0.39, 0.29) is 31.5 Å². The summed E-state index contributed by atoms with van der Waals surface area (Å²) in [5.74, 6) is -0.412. The fourth-order valence-electron chi connectivity index (χ4n) is 1.38. The first-order valence-corrected chi connectivity index (χ1v) is 5.89. The largest absolute Gasteiger partial charge is 0.461 e. The molecule has 18 heavy (non-hydrogen) atoms. The van der Waals surface area contributed by atoms with Crippen LogP contribution in [0.4, 0.5) is 0 Å². The third kappa shape index (κ3) is 4.98. The van der Waals surface area contributed by atoms with Crippen LogP contribution >= 0.6 is 0 Å². The van der Waals surface area contributed by atoms with E-state index in [4.69, 9.17) is 15.1 Å². The molecule has 0 saturated carbocycles. The molecule has 1 unspecified atom stereocenters. The number of ether oxygens (including phenoxy) is 1. The molecule has 0 saturated heterocycles. The SMILES string of the molecule is CC(C#N)CCC(=O)OCc1ccc(CO)cc1. The maximum Gasteiger partial charge on any atom is 0.306 e. The van der Waals surface area contributed by atoms with Crippen molar-refractivity contribution in [2.45, 2.75) is 33.0 Å². The molecule has 0 amide bonds. The van der Waals surface area contributed by atoms with Crippen molar-refractivity contribution >= 4 is 5.97 Å². The lowest BCUT2D eigenvalue weighted by atomic mass is 10.1. The monoisotopic (exact) mass is 247 g/mol. The van der Waals surface area contributed by atoms with Gasteiger partial charge >= 0.3 is 5.97 Å². The van der Waals surface area contributed by atoms with Crippen LogP contribution in [0, 0.1) is 17.2 Å². The Morgan fingerprint density at radius 2 is 2.00 bits per heavy atom. The van der Waals surface area contributed by atoms with Gasteiger partial charge in [0, 0.05) is 12.3 Å². The summed E-state index contributed by atoms with van der Waals surface area (Å²) in [5, 5.41) is 17.5. The van der Waals surface area contributed by atoms with E-state index in [0.717, 1.165) is 11.1 Å². The van der Waals surface area contributed by atoms with Gasteiger partial charge in [0.1, 0.15) is 6.61 Å². The zero-order chi connectivity index (χ0) is 13.4. The van der Waals surface area contributed by atoms with Gasteiger partial charge < -0.3 is 9.84 Å². The Hall–Kier alpha value is -1.86. The maximum atomic E-state index is 11.4. The Morgan fingerprint density at radius 3 is 2.56 bits per heavy atom. The molecule has 0 aliphatic heterocycles. The van der Waals surface area contributed by atoms with Crippen molar-refractivity contribution in [3.63, 3.8) is 0 Å². The predicted octanol–water partition coefficient (Wildman–Crippen LogP) is 2.16. The number of aliphatic hydroxyl groups is 1. The van der Waals surface area contributed by atoms with E-state index in [1.807, 2.05) is 12.1 Å². The lowest BCUT2D eigenvalue weighted by Crippen LogP contribution is -2.06. The molecule has 4 heteroatoms. The standard InChI is InChI=1S/C14H17NO3/c1-11(8-15)2-7-14(17)18-10-13-5-3-12(9-16)4-6-13/h3-6,11,16H,2,7,9-10H2,1H3. The summed E-state index contributed by atoms with van der Waals surface area (Å²) >= 11 is 0. The minimum atomic E-state index is -0.289. The van der Waals surface area contributed by atoms with Crippen molar-refractivity contribution < 1.29 is 14.6 Å². The van der Waals surface area contributed by atoms with E-state index < -0.39 is 0 Å². The van der Waals surface area contributed by atoms with Gasteiger partial charge in [0.15, 0.2) is 0 Å². The van der Waals surface area contributed by atoms with Gasteiger partial charge in [-0.15, -0.1) is 0 Å². The lowest BCUT2D eigenvalue weighted by Gasteiger charge is -2.06. The summed E-state index contributed by atoms with van der Waals surface area (Å²) in [4.78, 5) is 11.4. The number of aliphatic hydroxyl groups excluding tert-OH is 1. The van der Waals surface area contributed by atoms with E-state index >= 15 is 0 Å². The van der Waals surface area contributed by atoms with Gasteiger partial charge in [0.05, 0.1) is 12.7 Å². The van der Waals surface area contributed by atoms with Gasteiger partial charge in [-0.3, -0.25) is 4.79 Å². The fraction of sp³-hybridized carbons (Fsp3) is 0.429. The number of benzene rings is 1. The quantitative estimate of drug-likeness (QED) is 0.782. The van der Waals surface area contributed by atoms with E-state index in [1.165, 1.54) is 0 Å². The molecular weight excluding hydrogens is 230 g/mol. The first-order valence-electron chi connectivity index (χ1n) is 5.89. The van der Waals surface area contributed by atoms with Crippen molar-refractivity contribution in [2.75, 3.05) is 0 Å². The second kappa shape index (κ2) is 7.46. The van der Waals surface area contributed by atoms with Crippen molar-refractivity contribution in [2.24, 2.45) is 5.92 Å². The van der Waals surface area contributed by atoms with Crippen LogP contribution in [-0.4, -0.2) is 11.1 Å². The molecule has 0 heterocycles. The highest BCUT2D eigenvalue weighted by molar-refractivity contribution is 5.69. The number of rotatable bonds is 6. The first kappa shape index (κ1) is 14.2. The molecule has 0 fully saturated rings. The second-order valence-corrected chi connectivity index (χ2v) is 4.20. The van der Waals surface area contributed by atoms with E-state index in [2.05, 4.69) is 6.07 Å². The van der Waals surface area contributed by atoms with Gasteiger partial charge in [-0.05, 0) is 24.5 Å². The molecule has 1 aromatic carbocycles. The highest BCUT2D eigenvalue weighted by atomic mass is 16.5. The number of esters is 1. The molecule has 0 aliphatic rings. The minimum Gasteiger partial charge on any atom is -0.461 e. The highest BCUT2D eigenvalue weighted by Crippen LogP contribution is 2.08. The Labute approximate surface area is 107 Å². The molecule has 0 bridgehead atoms. The Bertz CT molecular complexity index is 420. The molecule has 0 aliphatic carbocycles. The summed E-state index contributed by atoms with van der Waals surface area (Å²) < 4.78 is 5.09. The summed E-state index contributed by atoms with van der Waals surface area (Å²) in [7, 11) is 0. The Morgan fingerprint density at radius 1 is 1.39 bits per heavy atom. The predicted molar refractivity (Wildman–Crippen MR) is 66.2 cm³/mol. The second-order valence-electron chi connectivity index (χ2n) is 4.20. The van der Waals surface area contributed by atoms with Crippen LogP contribution in [0.15, 0.2) is 24.3 Å². The van der Waals surface area contributed by atoms with Gasteiger partial charge in [-0.2, -0.15) is 5.26 Å². The molecule has 1 rings (SSSR count). The van der Waals surface area contributed by atoms with Crippen molar-refractivity contribution in [1.82, 2.24) is 0 Å². The normalized spacial score (nSPS) is 11.6. The molecule has 1 aromatic rings. The number of hydrogen-bond donors (Lipinski definition) is 1. The summed E-state index contributed by atoms with van der Waals surface area (Å²) in [6.45, 7) is 2.01. The summed E-state index contributed by atoms with van der Waals surface area (Å²) in [6.07, 6.45) is 0.794. The van der Waals surface area contributed by atoms with E-state index in [1.54, 1.807) is 19.1 Å². The van der Waals surface area contributed by atoms with Crippen LogP contribution in [0.5, 0.6) is 0 Å². The van der Waals surface area contributed by atoms with Gasteiger partial charge in [-0.1, -0.05) is 24.3 Å². The van der Waals surface area contributed by atoms with Crippen molar-refractivity contribution in [3.05, 3.63) is 35.4 Å². The molecule has 0 aromatic heterocycles. The maximum absolute atomic E-state index is 11.4. The van der Waals surface area contributed by atoms with E-state index in [9.17, 15) is 4.79 Å². The smallest absolute Gasteiger partial charge is 0.306 e. The molecule has 1 atom stereocenters. The zero-order valence-corrected chi connectivity index (χ0v) is 10.4. The average molecular weight is 247 g/mol. The van der Waals surface area contributed by atoms with Crippen LogP contribution in [-0.2, 0) is 22.7 Å². The van der Waals surface area contributed by atoms with Crippen LogP contribution in [0.25, 0.3) is 0 Å². The van der Waals surface area contributed by atoms with Crippen molar-refractivity contribution in [1.29, 1.82) is 5.26 Å². The van der Waals surface area contributed by atoms with Crippen LogP contribution in [0.1, 0.15) is 30.9 Å². The average Bonchev–Trinajstić information content (AvgIpc) is 2.42. The Balaban J connectivity index is 2.31. The van der Waals surface area contributed by atoms with E-state index in [0.29, 0.717) is 6.42 Å². The highest BCUT2D eigenvalue weighted by Gasteiger charge is 2.07.